The van der Waals surface area contributed by atoms with Gasteiger partial charge in [-0.25, -0.2) is 0 Å². The Hall–Kier alpha value is -2.98. The number of ether oxygens (including phenoxy) is 1. The lowest BCUT2D eigenvalue weighted by Gasteiger charge is -1.99. The third-order valence-electron chi connectivity index (χ3n) is 3.02. The van der Waals surface area contributed by atoms with Gasteiger partial charge in [0.2, 0.25) is 5.13 Å². The molecular weight excluding hydrogens is 324 g/mol. The van der Waals surface area contributed by atoms with Crippen LogP contribution in [0.1, 0.15) is 17.5 Å². The number of aromatic nitrogens is 2. The maximum absolute atomic E-state index is 12.1. The average Bonchev–Trinajstić information content (AvgIpc) is 3.06. The van der Waals surface area contributed by atoms with Gasteiger partial charge in [-0.15, -0.1) is 10.2 Å². The third-order valence-corrected chi connectivity index (χ3v) is 4.01. The van der Waals surface area contributed by atoms with E-state index in [4.69, 9.17) is 10.00 Å². The van der Waals surface area contributed by atoms with Crippen LogP contribution in [0, 0.1) is 11.3 Å². The summed E-state index contributed by atoms with van der Waals surface area (Å²) in [5.41, 5.74) is 0.925. The van der Waals surface area contributed by atoms with Crippen LogP contribution in [0.3, 0.4) is 0 Å². The highest BCUT2D eigenvalue weighted by Crippen LogP contribution is 2.16. The topological polar surface area (TPSA) is 87.9 Å². The number of amides is 1. The van der Waals surface area contributed by atoms with E-state index in [0.29, 0.717) is 5.13 Å². The fourth-order valence-electron chi connectivity index (χ4n) is 1.75. The quantitative estimate of drug-likeness (QED) is 0.495. The van der Waals surface area contributed by atoms with E-state index >= 15 is 0 Å². The second-order valence-corrected chi connectivity index (χ2v) is 5.70. The SMILES string of the molecule is CCc1nnc(NC(=O)C(C#N)=CC=Cc2ccc(OC)cc2)s1. The molecule has 0 saturated carbocycles. The Labute approximate surface area is 144 Å². The number of anilines is 1. The molecule has 0 saturated heterocycles. The average molecular weight is 340 g/mol. The van der Waals surface area contributed by atoms with Crippen molar-refractivity contribution >= 4 is 28.5 Å². The van der Waals surface area contributed by atoms with Crippen LogP contribution in [0.5, 0.6) is 5.75 Å². The largest absolute Gasteiger partial charge is 0.497 e. The second kappa shape index (κ2) is 8.60. The van der Waals surface area contributed by atoms with Crippen molar-refractivity contribution in [3.8, 4) is 11.8 Å². The lowest BCUT2D eigenvalue weighted by atomic mass is 10.2. The van der Waals surface area contributed by atoms with Crippen molar-refractivity contribution < 1.29 is 9.53 Å². The van der Waals surface area contributed by atoms with Gasteiger partial charge in [0.05, 0.1) is 7.11 Å². The highest BCUT2D eigenvalue weighted by Gasteiger charge is 2.11. The zero-order valence-electron chi connectivity index (χ0n) is 13.3. The van der Waals surface area contributed by atoms with Crippen molar-refractivity contribution in [3.05, 3.63) is 52.6 Å². The summed E-state index contributed by atoms with van der Waals surface area (Å²) < 4.78 is 5.09. The van der Waals surface area contributed by atoms with E-state index in [2.05, 4.69) is 15.5 Å². The number of nitrogens with zero attached hydrogens (tertiary/aromatic N) is 3. The molecular formula is C17H16N4O2S. The molecule has 1 amide bonds. The van der Waals surface area contributed by atoms with Crippen LogP contribution in [0.15, 0.2) is 42.0 Å². The normalized spacial score (nSPS) is 11.3. The zero-order valence-corrected chi connectivity index (χ0v) is 14.1. The number of rotatable bonds is 6. The molecule has 0 aliphatic heterocycles. The lowest BCUT2D eigenvalue weighted by molar-refractivity contribution is -0.112. The van der Waals surface area contributed by atoms with Gasteiger partial charge in [-0.1, -0.05) is 42.5 Å². The molecule has 2 aromatic rings. The Balaban J connectivity index is 2.03. The summed E-state index contributed by atoms with van der Waals surface area (Å²) in [6.45, 7) is 1.96. The van der Waals surface area contributed by atoms with Crippen molar-refractivity contribution in [1.29, 1.82) is 5.26 Å². The first-order chi connectivity index (χ1) is 11.7. The van der Waals surface area contributed by atoms with Crippen LogP contribution >= 0.6 is 11.3 Å². The monoisotopic (exact) mass is 340 g/mol. The van der Waals surface area contributed by atoms with Crippen molar-refractivity contribution in [2.24, 2.45) is 0 Å². The van der Waals surface area contributed by atoms with E-state index < -0.39 is 5.91 Å². The Morgan fingerprint density at radius 2 is 2.12 bits per heavy atom. The number of aryl methyl sites for hydroxylation is 1. The number of carbonyl (C=O) groups is 1. The number of benzene rings is 1. The molecule has 0 fully saturated rings. The molecule has 0 bridgehead atoms. The van der Waals surface area contributed by atoms with Crippen LogP contribution in [-0.4, -0.2) is 23.2 Å². The van der Waals surface area contributed by atoms with Crippen LogP contribution in [-0.2, 0) is 11.2 Å². The number of nitrogens with one attached hydrogen (secondary N) is 1. The van der Waals surface area contributed by atoms with Gasteiger partial charge in [-0.05, 0) is 30.2 Å². The third kappa shape index (κ3) is 4.76. The lowest BCUT2D eigenvalue weighted by Crippen LogP contribution is -2.13. The van der Waals surface area contributed by atoms with Gasteiger partial charge in [0.1, 0.15) is 22.4 Å². The Kier molecular flexibility index (Phi) is 6.23. The summed E-state index contributed by atoms with van der Waals surface area (Å²) in [5, 5.41) is 20.7. The van der Waals surface area contributed by atoms with Crippen LogP contribution in [0.25, 0.3) is 6.08 Å². The van der Waals surface area contributed by atoms with Crippen LogP contribution in [0.4, 0.5) is 5.13 Å². The fourth-order valence-corrected chi connectivity index (χ4v) is 2.42. The second-order valence-electron chi connectivity index (χ2n) is 4.63. The first-order valence-corrected chi connectivity index (χ1v) is 8.04. The van der Waals surface area contributed by atoms with Gasteiger partial charge in [0.15, 0.2) is 0 Å². The van der Waals surface area contributed by atoms with Crippen LogP contribution < -0.4 is 10.1 Å². The molecule has 2 rings (SSSR count). The summed E-state index contributed by atoms with van der Waals surface area (Å²) in [7, 11) is 1.60. The molecule has 0 radical (unpaired) electrons. The number of allylic oxidation sites excluding steroid dienone is 2. The molecule has 0 aliphatic carbocycles. The van der Waals surface area contributed by atoms with Crippen molar-refractivity contribution in [2.45, 2.75) is 13.3 Å². The number of hydrogen-bond acceptors (Lipinski definition) is 6. The minimum atomic E-state index is -0.504. The van der Waals surface area contributed by atoms with Gasteiger partial charge in [-0.3, -0.25) is 10.1 Å². The summed E-state index contributed by atoms with van der Waals surface area (Å²) >= 11 is 1.29. The highest BCUT2D eigenvalue weighted by atomic mass is 32.1. The first kappa shape index (κ1) is 17.4. The van der Waals surface area contributed by atoms with Crippen molar-refractivity contribution in [3.63, 3.8) is 0 Å². The summed E-state index contributed by atoms with van der Waals surface area (Å²) in [4.78, 5) is 12.1. The molecule has 1 aromatic heterocycles. The van der Waals surface area contributed by atoms with Gasteiger partial charge in [0.25, 0.3) is 5.91 Å². The molecule has 0 aliphatic rings. The predicted molar refractivity (Wildman–Crippen MR) is 93.6 cm³/mol. The minimum absolute atomic E-state index is 0.00647. The molecule has 0 spiro atoms. The number of nitriles is 1. The summed E-state index contributed by atoms with van der Waals surface area (Å²) in [6, 6.07) is 9.31. The van der Waals surface area contributed by atoms with Gasteiger partial charge in [0, 0.05) is 0 Å². The summed E-state index contributed by atoms with van der Waals surface area (Å²) in [5.74, 6) is 0.263. The van der Waals surface area contributed by atoms with Gasteiger partial charge < -0.3 is 4.74 Å². The predicted octanol–water partition coefficient (Wildman–Crippen LogP) is 3.21. The first-order valence-electron chi connectivity index (χ1n) is 7.22. The van der Waals surface area contributed by atoms with E-state index in [-0.39, 0.29) is 5.57 Å². The Morgan fingerprint density at radius 1 is 1.38 bits per heavy atom. The molecule has 1 aromatic carbocycles. The molecule has 0 unspecified atom stereocenters. The number of carbonyl (C=O) groups excluding carboxylic acids is 1. The van der Waals surface area contributed by atoms with E-state index in [9.17, 15) is 4.79 Å². The molecule has 0 atom stereocenters. The zero-order chi connectivity index (χ0) is 17.4. The molecule has 1 heterocycles. The number of methoxy groups -OCH3 is 1. The Bertz CT molecular complexity index is 801. The summed E-state index contributed by atoms with van der Waals surface area (Å²) in [6.07, 6.45) is 5.65. The highest BCUT2D eigenvalue weighted by molar-refractivity contribution is 7.15. The maximum atomic E-state index is 12.1. The van der Waals surface area contributed by atoms with E-state index in [1.165, 1.54) is 17.4 Å². The molecule has 1 N–H and O–H groups in total. The number of hydrogen-bond donors (Lipinski definition) is 1. The van der Waals surface area contributed by atoms with Crippen molar-refractivity contribution in [1.82, 2.24) is 10.2 Å². The minimum Gasteiger partial charge on any atom is -0.497 e. The maximum Gasteiger partial charge on any atom is 0.268 e. The van der Waals surface area contributed by atoms with Gasteiger partial charge >= 0.3 is 0 Å². The van der Waals surface area contributed by atoms with Crippen LogP contribution in [0.2, 0.25) is 0 Å². The van der Waals surface area contributed by atoms with Gasteiger partial charge in [-0.2, -0.15) is 5.26 Å². The fraction of sp³-hybridized carbons (Fsp3) is 0.176. The molecule has 24 heavy (non-hydrogen) atoms. The molecule has 7 heteroatoms. The molecule has 122 valence electrons. The molecule has 6 nitrogen and oxygen atoms in total. The standard InChI is InChI=1S/C17H16N4O2S/c1-3-15-20-21-17(24-15)19-16(22)13(11-18)6-4-5-12-7-9-14(23-2)10-8-12/h4-10H,3H2,1-2H3,(H,19,21,22). The smallest absolute Gasteiger partial charge is 0.268 e. The van der Waals surface area contributed by atoms with E-state index in [0.717, 1.165) is 22.7 Å². The van der Waals surface area contributed by atoms with E-state index in [1.54, 1.807) is 19.3 Å². The van der Waals surface area contributed by atoms with Crippen molar-refractivity contribution in [2.75, 3.05) is 12.4 Å². The van der Waals surface area contributed by atoms with E-state index in [1.807, 2.05) is 37.3 Å². The Morgan fingerprint density at radius 3 is 2.71 bits per heavy atom.